The molecule has 0 aliphatic heterocycles. The monoisotopic (exact) mass is 266 g/mol. The van der Waals surface area contributed by atoms with Gasteiger partial charge in [-0.25, -0.2) is 4.79 Å². The topological polar surface area (TPSA) is 48.6 Å². The molecular formula is C11H11BrN2O. The molecular weight excluding hydrogens is 256 g/mol. The Labute approximate surface area is 95.7 Å². The van der Waals surface area contributed by atoms with Crippen LogP contribution in [0.25, 0.3) is 11.3 Å². The van der Waals surface area contributed by atoms with Gasteiger partial charge in [-0.2, -0.15) is 0 Å². The van der Waals surface area contributed by atoms with Crippen molar-refractivity contribution in [2.24, 2.45) is 0 Å². The quantitative estimate of drug-likeness (QED) is 0.863. The number of aromatic amines is 2. The molecule has 0 aliphatic carbocycles. The molecule has 15 heavy (non-hydrogen) atoms. The molecule has 0 amide bonds. The normalized spacial score (nSPS) is 10.5. The minimum atomic E-state index is -0.151. The van der Waals surface area contributed by atoms with Crippen LogP contribution in [-0.2, 0) is 6.42 Å². The number of halogens is 1. The lowest BCUT2D eigenvalue weighted by Gasteiger charge is -2.01. The van der Waals surface area contributed by atoms with Crippen molar-refractivity contribution in [3.05, 3.63) is 44.9 Å². The zero-order valence-electron chi connectivity index (χ0n) is 8.30. The van der Waals surface area contributed by atoms with Crippen molar-refractivity contribution in [1.29, 1.82) is 0 Å². The van der Waals surface area contributed by atoms with Crippen LogP contribution in [0.2, 0.25) is 0 Å². The molecule has 2 N–H and O–H groups in total. The molecule has 3 nitrogen and oxygen atoms in total. The highest BCUT2D eigenvalue weighted by atomic mass is 79.9. The summed E-state index contributed by atoms with van der Waals surface area (Å²) < 4.78 is 1.00. The first-order valence-corrected chi connectivity index (χ1v) is 5.57. The summed E-state index contributed by atoms with van der Waals surface area (Å²) in [6.45, 7) is 2.01. The third-order valence-corrected chi connectivity index (χ3v) is 2.76. The highest BCUT2D eigenvalue weighted by Gasteiger charge is 2.07. The first kappa shape index (κ1) is 10.2. The summed E-state index contributed by atoms with van der Waals surface area (Å²) in [5.74, 6) is 0. The van der Waals surface area contributed by atoms with Crippen molar-refractivity contribution in [3.63, 3.8) is 0 Å². The Morgan fingerprint density at radius 1 is 1.33 bits per heavy atom. The van der Waals surface area contributed by atoms with Crippen LogP contribution in [0.1, 0.15) is 12.6 Å². The molecule has 0 atom stereocenters. The van der Waals surface area contributed by atoms with Crippen LogP contribution < -0.4 is 5.69 Å². The Kier molecular flexibility index (Phi) is 2.77. The van der Waals surface area contributed by atoms with E-state index >= 15 is 0 Å². The minimum Gasteiger partial charge on any atom is -0.309 e. The summed E-state index contributed by atoms with van der Waals surface area (Å²) in [5.41, 5.74) is 2.68. The number of hydrogen-bond donors (Lipinski definition) is 2. The zero-order chi connectivity index (χ0) is 10.8. The van der Waals surface area contributed by atoms with Gasteiger partial charge in [0, 0.05) is 15.7 Å². The highest BCUT2D eigenvalue weighted by molar-refractivity contribution is 9.10. The summed E-state index contributed by atoms with van der Waals surface area (Å²) in [7, 11) is 0. The molecule has 0 bridgehead atoms. The largest absolute Gasteiger partial charge is 0.323 e. The van der Waals surface area contributed by atoms with Gasteiger partial charge in [-0.3, -0.25) is 0 Å². The second-order valence-electron chi connectivity index (χ2n) is 3.30. The summed E-state index contributed by atoms with van der Waals surface area (Å²) >= 11 is 3.41. The molecule has 0 unspecified atom stereocenters. The van der Waals surface area contributed by atoms with Crippen LogP contribution in [0, 0.1) is 0 Å². The summed E-state index contributed by atoms with van der Waals surface area (Å²) in [6.07, 6.45) is 0.806. The van der Waals surface area contributed by atoms with E-state index in [-0.39, 0.29) is 5.69 Å². The first-order valence-electron chi connectivity index (χ1n) is 4.78. The summed E-state index contributed by atoms with van der Waals surface area (Å²) in [5, 5.41) is 0. The molecule has 0 spiro atoms. The van der Waals surface area contributed by atoms with Crippen molar-refractivity contribution in [3.8, 4) is 11.3 Å². The molecule has 2 rings (SSSR count). The van der Waals surface area contributed by atoms with E-state index in [1.54, 1.807) is 0 Å². The van der Waals surface area contributed by atoms with Crippen LogP contribution in [0.15, 0.2) is 33.5 Å². The predicted molar refractivity (Wildman–Crippen MR) is 63.9 cm³/mol. The molecule has 1 aromatic carbocycles. The molecule has 2 aromatic rings. The first-order chi connectivity index (χ1) is 7.20. The van der Waals surface area contributed by atoms with E-state index in [4.69, 9.17) is 0 Å². The molecule has 0 saturated carbocycles. The van der Waals surface area contributed by atoms with E-state index in [0.717, 1.165) is 27.8 Å². The molecule has 0 fully saturated rings. The Bertz CT molecular complexity index is 527. The van der Waals surface area contributed by atoms with Crippen LogP contribution in [0.4, 0.5) is 0 Å². The highest BCUT2D eigenvalue weighted by Crippen LogP contribution is 2.22. The smallest absolute Gasteiger partial charge is 0.309 e. The lowest BCUT2D eigenvalue weighted by molar-refractivity contribution is 1.05. The number of nitrogens with one attached hydrogen (secondary N) is 2. The van der Waals surface area contributed by atoms with Gasteiger partial charge in [0.25, 0.3) is 0 Å². The number of aromatic nitrogens is 2. The van der Waals surface area contributed by atoms with E-state index in [1.807, 2.05) is 31.2 Å². The minimum absolute atomic E-state index is 0.151. The van der Waals surface area contributed by atoms with E-state index in [9.17, 15) is 4.79 Å². The number of aryl methyl sites for hydroxylation is 1. The Morgan fingerprint density at radius 2 is 2.13 bits per heavy atom. The number of benzene rings is 1. The average Bonchev–Trinajstić information content (AvgIpc) is 2.59. The number of hydrogen-bond acceptors (Lipinski definition) is 1. The lowest BCUT2D eigenvalue weighted by Crippen LogP contribution is -2.00. The molecule has 0 radical (unpaired) electrons. The van der Waals surface area contributed by atoms with Crippen LogP contribution >= 0.6 is 15.9 Å². The Balaban J connectivity index is 2.57. The van der Waals surface area contributed by atoms with E-state index in [1.165, 1.54) is 0 Å². The van der Waals surface area contributed by atoms with Crippen molar-refractivity contribution in [2.75, 3.05) is 0 Å². The summed E-state index contributed by atoms with van der Waals surface area (Å²) in [4.78, 5) is 16.8. The van der Waals surface area contributed by atoms with E-state index in [0.29, 0.717) is 0 Å². The van der Waals surface area contributed by atoms with Crippen LogP contribution in [0.3, 0.4) is 0 Å². The van der Waals surface area contributed by atoms with Crippen LogP contribution in [0.5, 0.6) is 0 Å². The lowest BCUT2D eigenvalue weighted by atomic mass is 10.1. The second kappa shape index (κ2) is 4.06. The molecule has 78 valence electrons. The summed E-state index contributed by atoms with van der Waals surface area (Å²) in [6, 6.07) is 7.87. The van der Waals surface area contributed by atoms with Gasteiger partial charge in [0.2, 0.25) is 0 Å². The van der Waals surface area contributed by atoms with Crippen LogP contribution in [-0.4, -0.2) is 9.97 Å². The standard InChI is InChI=1S/C11H11BrN2O/c1-2-9-10(14-11(15)13-9)7-4-3-5-8(12)6-7/h3-6H,2H2,1H3,(H2,13,14,15). The maximum atomic E-state index is 11.2. The third-order valence-electron chi connectivity index (χ3n) is 2.27. The fourth-order valence-electron chi connectivity index (χ4n) is 1.58. The number of rotatable bonds is 2. The van der Waals surface area contributed by atoms with Gasteiger partial charge in [0.05, 0.1) is 5.69 Å². The fraction of sp³-hybridized carbons (Fsp3) is 0.182. The van der Waals surface area contributed by atoms with Crippen molar-refractivity contribution in [2.45, 2.75) is 13.3 Å². The van der Waals surface area contributed by atoms with Gasteiger partial charge in [0.15, 0.2) is 0 Å². The van der Waals surface area contributed by atoms with Crippen molar-refractivity contribution < 1.29 is 0 Å². The van der Waals surface area contributed by atoms with E-state index in [2.05, 4.69) is 25.9 Å². The SMILES string of the molecule is CCc1[nH]c(=O)[nH]c1-c1cccc(Br)c1. The zero-order valence-corrected chi connectivity index (χ0v) is 9.89. The maximum absolute atomic E-state index is 11.2. The molecule has 0 aliphatic rings. The Morgan fingerprint density at radius 3 is 2.80 bits per heavy atom. The maximum Gasteiger partial charge on any atom is 0.323 e. The van der Waals surface area contributed by atoms with Gasteiger partial charge in [0.1, 0.15) is 0 Å². The molecule has 1 aromatic heterocycles. The van der Waals surface area contributed by atoms with E-state index < -0.39 is 0 Å². The van der Waals surface area contributed by atoms with Crippen molar-refractivity contribution in [1.82, 2.24) is 9.97 Å². The third kappa shape index (κ3) is 2.04. The van der Waals surface area contributed by atoms with Gasteiger partial charge in [-0.05, 0) is 18.6 Å². The van der Waals surface area contributed by atoms with Gasteiger partial charge in [-0.15, -0.1) is 0 Å². The molecule has 0 saturated heterocycles. The van der Waals surface area contributed by atoms with Gasteiger partial charge < -0.3 is 9.97 Å². The molecule has 1 heterocycles. The van der Waals surface area contributed by atoms with Crippen molar-refractivity contribution >= 4 is 15.9 Å². The number of imidazole rings is 1. The number of H-pyrrole nitrogens is 2. The Hall–Kier alpha value is -1.29. The van der Waals surface area contributed by atoms with Gasteiger partial charge >= 0.3 is 5.69 Å². The second-order valence-corrected chi connectivity index (χ2v) is 4.21. The molecule has 4 heteroatoms. The predicted octanol–water partition coefficient (Wildman–Crippen LogP) is 2.69. The van der Waals surface area contributed by atoms with Gasteiger partial charge in [-0.1, -0.05) is 35.0 Å². The fourth-order valence-corrected chi connectivity index (χ4v) is 1.97. The average molecular weight is 267 g/mol.